The fraction of sp³-hybridized carbons (Fsp3) is 0.360. The predicted octanol–water partition coefficient (Wildman–Crippen LogP) is 3.51. The maximum atomic E-state index is 12.8. The van der Waals surface area contributed by atoms with E-state index in [0.717, 1.165) is 26.9 Å². The van der Waals surface area contributed by atoms with Crippen molar-refractivity contribution in [3.05, 3.63) is 52.0 Å². The number of esters is 2. The van der Waals surface area contributed by atoms with Crippen LogP contribution in [0.3, 0.4) is 0 Å². The number of hydrogen-bond acceptors (Lipinski definition) is 7. The van der Waals surface area contributed by atoms with E-state index in [1.807, 2.05) is 38.1 Å². The van der Waals surface area contributed by atoms with Gasteiger partial charge in [-0.15, -0.1) is 11.3 Å². The van der Waals surface area contributed by atoms with Gasteiger partial charge in [0.25, 0.3) is 5.91 Å². The molecular formula is C25H29N3O6S. The molecular weight excluding hydrogens is 470 g/mol. The zero-order valence-electron chi connectivity index (χ0n) is 20.2. The molecule has 0 spiro atoms. The molecule has 3 aromatic rings. The van der Waals surface area contributed by atoms with Gasteiger partial charge in [0.2, 0.25) is 5.91 Å². The molecule has 2 aromatic heterocycles. The molecule has 0 aliphatic heterocycles. The van der Waals surface area contributed by atoms with Crippen molar-refractivity contribution in [2.75, 3.05) is 18.5 Å². The second kappa shape index (κ2) is 11.7. The number of H-pyrrole nitrogens is 1. The molecule has 3 rings (SSSR count). The largest absolute Gasteiger partial charge is 0.462 e. The van der Waals surface area contributed by atoms with Gasteiger partial charge >= 0.3 is 11.9 Å². The molecule has 186 valence electrons. The third-order valence-corrected chi connectivity index (χ3v) is 6.46. The number of carbonyl (C=O) groups is 4. The highest BCUT2D eigenvalue weighted by atomic mass is 32.1. The van der Waals surface area contributed by atoms with Gasteiger partial charge < -0.3 is 25.1 Å². The molecule has 0 saturated heterocycles. The van der Waals surface area contributed by atoms with Crippen LogP contribution in [0.5, 0.6) is 0 Å². The number of aromatic amines is 1. The zero-order valence-corrected chi connectivity index (χ0v) is 21.0. The number of rotatable bonds is 10. The van der Waals surface area contributed by atoms with Crippen LogP contribution in [0.2, 0.25) is 0 Å². The van der Waals surface area contributed by atoms with Crippen LogP contribution in [-0.4, -0.2) is 48.0 Å². The summed E-state index contributed by atoms with van der Waals surface area (Å²) >= 11 is 1.27. The van der Waals surface area contributed by atoms with Crippen molar-refractivity contribution in [2.45, 2.75) is 46.6 Å². The minimum absolute atomic E-state index is 0.195. The Labute approximate surface area is 207 Å². The lowest BCUT2D eigenvalue weighted by atomic mass is 10.0. The number of benzene rings is 1. The van der Waals surface area contributed by atoms with E-state index in [2.05, 4.69) is 15.6 Å². The molecule has 0 fully saturated rings. The molecule has 1 atom stereocenters. The van der Waals surface area contributed by atoms with Crippen molar-refractivity contribution in [2.24, 2.45) is 0 Å². The molecule has 0 aliphatic carbocycles. The molecule has 9 nitrogen and oxygen atoms in total. The first kappa shape index (κ1) is 26.0. The summed E-state index contributed by atoms with van der Waals surface area (Å²) in [6.07, 6.45) is 2.58. The summed E-state index contributed by atoms with van der Waals surface area (Å²) in [5.41, 5.74) is 2.88. The van der Waals surface area contributed by atoms with Crippen molar-refractivity contribution in [1.29, 1.82) is 0 Å². The van der Waals surface area contributed by atoms with Crippen LogP contribution >= 0.6 is 11.3 Å². The first-order valence-electron chi connectivity index (χ1n) is 11.3. The number of fused-ring (bicyclic) bond motifs is 1. The Bertz CT molecular complexity index is 1250. The van der Waals surface area contributed by atoms with Gasteiger partial charge in [-0.05, 0) is 37.5 Å². The number of hydrogen-bond donors (Lipinski definition) is 3. The van der Waals surface area contributed by atoms with E-state index in [1.165, 1.54) is 18.3 Å². The van der Waals surface area contributed by atoms with Crippen molar-refractivity contribution >= 4 is 51.0 Å². The Morgan fingerprint density at radius 2 is 1.86 bits per heavy atom. The highest BCUT2D eigenvalue weighted by molar-refractivity contribution is 7.16. The third-order valence-electron chi connectivity index (χ3n) is 5.40. The zero-order chi connectivity index (χ0) is 25.5. The minimum Gasteiger partial charge on any atom is -0.462 e. The molecule has 3 N–H and O–H groups in total. The van der Waals surface area contributed by atoms with E-state index in [0.29, 0.717) is 17.0 Å². The van der Waals surface area contributed by atoms with Crippen LogP contribution in [0.4, 0.5) is 5.00 Å². The topological polar surface area (TPSA) is 127 Å². The smallest absolute Gasteiger partial charge is 0.341 e. The average molecular weight is 500 g/mol. The summed E-state index contributed by atoms with van der Waals surface area (Å²) in [7, 11) is 0. The van der Waals surface area contributed by atoms with Gasteiger partial charge in [-0.3, -0.25) is 9.59 Å². The van der Waals surface area contributed by atoms with Crippen molar-refractivity contribution in [1.82, 2.24) is 10.3 Å². The van der Waals surface area contributed by atoms with Gasteiger partial charge in [0.1, 0.15) is 11.0 Å². The number of aromatic nitrogens is 1. The summed E-state index contributed by atoms with van der Waals surface area (Å²) in [6, 6.07) is 6.64. The Morgan fingerprint density at radius 1 is 1.11 bits per heavy atom. The maximum absolute atomic E-state index is 12.8. The Balaban J connectivity index is 1.68. The molecule has 0 bridgehead atoms. The van der Waals surface area contributed by atoms with Gasteiger partial charge in [0.15, 0.2) is 6.61 Å². The van der Waals surface area contributed by atoms with Crippen LogP contribution < -0.4 is 10.6 Å². The third kappa shape index (κ3) is 6.27. The van der Waals surface area contributed by atoms with Gasteiger partial charge in [0.05, 0.1) is 12.2 Å². The molecule has 1 unspecified atom stereocenters. The van der Waals surface area contributed by atoms with E-state index in [1.54, 1.807) is 13.1 Å². The molecule has 2 amide bonds. The SMILES string of the molecule is CCOC(=O)c1c(NC(=O)COC(=O)C(Cc2c[nH]c3ccccc23)NC(C)=O)sc(C)c1CC. The van der Waals surface area contributed by atoms with Gasteiger partial charge in [-0.1, -0.05) is 25.1 Å². The molecule has 35 heavy (non-hydrogen) atoms. The van der Waals surface area contributed by atoms with Crippen LogP contribution in [0.15, 0.2) is 30.5 Å². The molecule has 0 aliphatic rings. The summed E-state index contributed by atoms with van der Waals surface area (Å²) in [5.74, 6) is -2.23. The monoisotopic (exact) mass is 499 g/mol. The summed E-state index contributed by atoms with van der Waals surface area (Å²) < 4.78 is 10.4. The van der Waals surface area contributed by atoms with Crippen molar-refractivity contribution < 1.29 is 28.7 Å². The molecule has 0 saturated carbocycles. The van der Waals surface area contributed by atoms with Crippen LogP contribution in [0.1, 0.15) is 47.1 Å². The fourth-order valence-corrected chi connectivity index (χ4v) is 5.02. The van der Waals surface area contributed by atoms with Crippen LogP contribution in [-0.2, 0) is 36.7 Å². The number of carbonyl (C=O) groups excluding carboxylic acids is 4. The van der Waals surface area contributed by atoms with E-state index in [-0.39, 0.29) is 13.0 Å². The Morgan fingerprint density at radius 3 is 2.54 bits per heavy atom. The first-order valence-corrected chi connectivity index (χ1v) is 12.1. The lowest BCUT2D eigenvalue weighted by Crippen LogP contribution is -2.43. The summed E-state index contributed by atoms with van der Waals surface area (Å²) in [6.45, 7) is 6.45. The standard InChI is InChI=1S/C25H29N3O6S/c1-5-17-14(3)35-23(22(17)25(32)33-6-2)28-21(30)13-34-24(31)20(27-15(4)29)11-16-12-26-19-10-8-7-9-18(16)19/h7-10,12,20,26H,5-6,11,13H2,1-4H3,(H,27,29)(H,28,30). The van der Waals surface area contributed by atoms with Gasteiger partial charge in [0, 0.05) is 35.3 Å². The fourth-order valence-electron chi connectivity index (χ4n) is 3.87. The second-order valence-electron chi connectivity index (χ2n) is 7.89. The average Bonchev–Trinajstić information content (AvgIpc) is 3.36. The highest BCUT2D eigenvalue weighted by Crippen LogP contribution is 2.34. The van der Waals surface area contributed by atoms with E-state index < -0.39 is 36.4 Å². The molecule has 0 radical (unpaired) electrons. The van der Waals surface area contributed by atoms with Crippen molar-refractivity contribution in [3.8, 4) is 0 Å². The first-order chi connectivity index (χ1) is 16.7. The van der Waals surface area contributed by atoms with Crippen LogP contribution in [0, 0.1) is 6.92 Å². The van der Waals surface area contributed by atoms with E-state index in [9.17, 15) is 19.2 Å². The quantitative estimate of drug-likeness (QED) is 0.367. The minimum atomic E-state index is -0.967. The molecule has 2 heterocycles. The number of anilines is 1. The van der Waals surface area contributed by atoms with E-state index in [4.69, 9.17) is 9.47 Å². The Kier molecular flexibility index (Phi) is 8.64. The van der Waals surface area contributed by atoms with E-state index >= 15 is 0 Å². The number of aryl methyl sites for hydroxylation is 1. The summed E-state index contributed by atoms with van der Waals surface area (Å²) in [4.78, 5) is 53.5. The second-order valence-corrected chi connectivity index (χ2v) is 9.11. The molecule has 10 heteroatoms. The van der Waals surface area contributed by atoms with Gasteiger partial charge in [-0.2, -0.15) is 0 Å². The van der Waals surface area contributed by atoms with Crippen LogP contribution in [0.25, 0.3) is 10.9 Å². The maximum Gasteiger partial charge on any atom is 0.341 e. The lowest BCUT2D eigenvalue weighted by molar-refractivity contribution is -0.150. The summed E-state index contributed by atoms with van der Waals surface area (Å²) in [5, 5.41) is 6.54. The number of thiophene rings is 1. The number of nitrogens with one attached hydrogen (secondary N) is 3. The lowest BCUT2D eigenvalue weighted by Gasteiger charge is -2.16. The number of ether oxygens (including phenoxy) is 2. The van der Waals surface area contributed by atoms with Crippen molar-refractivity contribution in [3.63, 3.8) is 0 Å². The normalized spacial score (nSPS) is 11.7. The predicted molar refractivity (Wildman–Crippen MR) is 134 cm³/mol. The number of amides is 2. The Hall–Kier alpha value is -3.66. The highest BCUT2D eigenvalue weighted by Gasteiger charge is 2.26. The molecule has 1 aromatic carbocycles. The number of para-hydroxylation sites is 1. The van der Waals surface area contributed by atoms with Gasteiger partial charge in [-0.25, -0.2) is 9.59 Å².